The van der Waals surface area contributed by atoms with Crippen LogP contribution in [0.1, 0.15) is 16.6 Å². The van der Waals surface area contributed by atoms with Crippen LogP contribution in [0.25, 0.3) is 0 Å². The van der Waals surface area contributed by atoms with Gasteiger partial charge in [0.1, 0.15) is 12.6 Å². The van der Waals surface area contributed by atoms with Gasteiger partial charge in [0.2, 0.25) is 5.91 Å². The van der Waals surface area contributed by atoms with Crippen molar-refractivity contribution in [1.82, 2.24) is 10.6 Å². The van der Waals surface area contributed by atoms with Crippen molar-refractivity contribution in [3.8, 4) is 0 Å². The van der Waals surface area contributed by atoms with E-state index in [2.05, 4.69) is 16.0 Å². The van der Waals surface area contributed by atoms with Crippen molar-refractivity contribution in [2.45, 2.75) is 13.0 Å². The number of alkyl carbamates (subject to hydrolysis) is 1. The Morgan fingerprint density at radius 2 is 1.97 bits per heavy atom. The molecule has 0 bridgehead atoms. The number of ether oxygens (including phenoxy) is 2. The summed E-state index contributed by atoms with van der Waals surface area (Å²) in [6, 6.07) is 8.76. The average Bonchev–Trinajstić information content (AvgIpc) is 3.24. The van der Waals surface area contributed by atoms with E-state index in [9.17, 15) is 19.2 Å². The van der Waals surface area contributed by atoms with Crippen LogP contribution in [-0.2, 0) is 19.1 Å². The zero-order valence-electron chi connectivity index (χ0n) is 17.8. The summed E-state index contributed by atoms with van der Waals surface area (Å²) < 4.78 is 10.4. The van der Waals surface area contributed by atoms with E-state index >= 15 is 0 Å². The molecule has 176 valence electrons. The van der Waals surface area contributed by atoms with Crippen LogP contribution in [0.2, 0.25) is 4.34 Å². The molecule has 10 nitrogen and oxygen atoms in total. The highest BCUT2D eigenvalue weighted by atomic mass is 35.5. The second-order valence-electron chi connectivity index (χ2n) is 6.87. The van der Waals surface area contributed by atoms with Crippen LogP contribution in [0.3, 0.4) is 0 Å². The van der Waals surface area contributed by atoms with Gasteiger partial charge in [0, 0.05) is 24.5 Å². The molecule has 3 N–H and O–H groups in total. The molecular weight excluding hydrogens is 472 g/mol. The zero-order valence-corrected chi connectivity index (χ0v) is 19.3. The first-order valence-corrected chi connectivity index (χ1v) is 11.3. The molecule has 2 heterocycles. The molecule has 0 saturated carbocycles. The summed E-state index contributed by atoms with van der Waals surface area (Å²) in [7, 11) is 0. The lowest BCUT2D eigenvalue weighted by molar-refractivity contribution is -0.125. The summed E-state index contributed by atoms with van der Waals surface area (Å²) in [6.45, 7) is 2.53. The van der Waals surface area contributed by atoms with E-state index in [1.54, 1.807) is 48.2 Å². The number of rotatable bonds is 8. The Kier molecular flexibility index (Phi) is 8.64. The summed E-state index contributed by atoms with van der Waals surface area (Å²) in [5, 5.41) is 7.74. The summed E-state index contributed by atoms with van der Waals surface area (Å²) in [5.74, 6) is -1.11. The SMILES string of the molecule is CCOC(=O)N[C@H](CNC(=O)c1ccc(Cl)s1)C(=O)Nc1ccc(N2CCOCC2=O)cc1. The molecular formula is C21H23ClN4O6S. The lowest BCUT2D eigenvalue weighted by atomic mass is 10.2. The minimum atomic E-state index is -1.09. The maximum absolute atomic E-state index is 12.8. The number of nitrogens with zero attached hydrogens (tertiary/aromatic N) is 1. The highest BCUT2D eigenvalue weighted by Gasteiger charge is 2.24. The van der Waals surface area contributed by atoms with Crippen molar-refractivity contribution >= 4 is 58.1 Å². The van der Waals surface area contributed by atoms with E-state index < -0.39 is 23.9 Å². The van der Waals surface area contributed by atoms with Gasteiger partial charge in [-0.3, -0.25) is 14.4 Å². The summed E-state index contributed by atoms with van der Waals surface area (Å²) in [4.78, 5) is 50.9. The third-order valence-electron chi connectivity index (χ3n) is 4.58. The van der Waals surface area contributed by atoms with E-state index in [0.717, 1.165) is 11.3 Å². The summed E-state index contributed by atoms with van der Waals surface area (Å²) in [6.07, 6.45) is -0.785. The molecule has 1 aliphatic rings. The van der Waals surface area contributed by atoms with Crippen molar-refractivity contribution < 1.29 is 28.7 Å². The van der Waals surface area contributed by atoms with Crippen molar-refractivity contribution in [1.29, 1.82) is 0 Å². The standard InChI is InChI=1S/C21H23ClN4O6S/c1-2-32-21(30)25-15(11-23-20(29)16-7-8-17(22)33-16)19(28)24-13-3-5-14(6-4-13)26-9-10-31-12-18(26)27/h3-8,15H,2,9-12H2,1H3,(H,23,29)(H,24,28)(H,25,30)/t15-/m1/s1. The Labute approximate surface area is 199 Å². The van der Waals surface area contributed by atoms with E-state index in [1.165, 1.54) is 0 Å². The van der Waals surface area contributed by atoms with Crippen molar-refractivity contribution in [2.24, 2.45) is 0 Å². The lowest BCUT2D eigenvalue weighted by Crippen LogP contribution is -2.50. The molecule has 1 aliphatic heterocycles. The van der Waals surface area contributed by atoms with E-state index in [4.69, 9.17) is 21.1 Å². The van der Waals surface area contributed by atoms with E-state index in [0.29, 0.717) is 33.7 Å². The Morgan fingerprint density at radius 1 is 1.21 bits per heavy atom. The number of benzene rings is 1. The number of amides is 4. The van der Waals surface area contributed by atoms with E-state index in [-0.39, 0.29) is 25.7 Å². The predicted molar refractivity (Wildman–Crippen MR) is 124 cm³/mol. The van der Waals surface area contributed by atoms with Crippen LogP contribution < -0.4 is 20.9 Å². The third-order valence-corrected chi connectivity index (χ3v) is 5.81. The molecule has 1 atom stereocenters. The van der Waals surface area contributed by atoms with Crippen molar-refractivity contribution in [2.75, 3.05) is 43.1 Å². The molecule has 33 heavy (non-hydrogen) atoms. The first kappa shape index (κ1) is 24.5. The first-order valence-electron chi connectivity index (χ1n) is 10.1. The molecule has 0 spiro atoms. The monoisotopic (exact) mass is 494 g/mol. The third kappa shape index (κ3) is 6.91. The van der Waals surface area contributed by atoms with Gasteiger partial charge in [0.25, 0.3) is 11.8 Å². The fourth-order valence-corrected chi connectivity index (χ4v) is 3.95. The largest absolute Gasteiger partial charge is 0.450 e. The van der Waals surface area contributed by atoms with Gasteiger partial charge in [-0.05, 0) is 43.3 Å². The maximum Gasteiger partial charge on any atom is 0.407 e. The first-order chi connectivity index (χ1) is 15.9. The molecule has 3 rings (SSSR count). The molecule has 4 amide bonds. The van der Waals surface area contributed by atoms with Gasteiger partial charge in [0.05, 0.1) is 22.4 Å². The smallest absolute Gasteiger partial charge is 0.407 e. The highest BCUT2D eigenvalue weighted by Crippen LogP contribution is 2.21. The summed E-state index contributed by atoms with van der Waals surface area (Å²) in [5.41, 5.74) is 1.14. The fraction of sp³-hybridized carbons (Fsp3) is 0.333. The van der Waals surface area contributed by atoms with Gasteiger partial charge < -0.3 is 30.3 Å². The number of carbonyl (C=O) groups excluding carboxylic acids is 4. The molecule has 12 heteroatoms. The van der Waals surface area contributed by atoms with Crippen LogP contribution in [0.5, 0.6) is 0 Å². The Morgan fingerprint density at radius 3 is 2.61 bits per heavy atom. The number of nitrogens with one attached hydrogen (secondary N) is 3. The van der Waals surface area contributed by atoms with Gasteiger partial charge in [-0.15, -0.1) is 11.3 Å². The number of halogens is 1. The number of morpholine rings is 1. The number of thiophene rings is 1. The van der Waals surface area contributed by atoms with Crippen LogP contribution in [0.15, 0.2) is 36.4 Å². The fourth-order valence-electron chi connectivity index (χ4n) is 2.99. The summed E-state index contributed by atoms with van der Waals surface area (Å²) >= 11 is 6.95. The molecule has 1 aromatic carbocycles. The van der Waals surface area contributed by atoms with Crippen LogP contribution in [0.4, 0.5) is 16.2 Å². The Balaban J connectivity index is 1.63. The van der Waals surface area contributed by atoms with Crippen LogP contribution >= 0.6 is 22.9 Å². The number of carbonyl (C=O) groups is 4. The van der Waals surface area contributed by atoms with E-state index in [1.807, 2.05) is 0 Å². The van der Waals surface area contributed by atoms with Crippen molar-refractivity contribution in [3.63, 3.8) is 0 Å². The van der Waals surface area contributed by atoms with Gasteiger partial charge in [-0.1, -0.05) is 11.6 Å². The average molecular weight is 495 g/mol. The topological polar surface area (TPSA) is 126 Å². The number of anilines is 2. The minimum Gasteiger partial charge on any atom is -0.450 e. The highest BCUT2D eigenvalue weighted by molar-refractivity contribution is 7.18. The normalized spacial score (nSPS) is 14.4. The predicted octanol–water partition coefficient (Wildman–Crippen LogP) is 2.25. The number of hydrogen-bond donors (Lipinski definition) is 3. The van der Waals surface area contributed by atoms with Crippen molar-refractivity contribution in [3.05, 3.63) is 45.6 Å². The van der Waals surface area contributed by atoms with Gasteiger partial charge >= 0.3 is 6.09 Å². The maximum atomic E-state index is 12.8. The van der Waals surface area contributed by atoms with Gasteiger partial charge in [0.15, 0.2) is 0 Å². The second-order valence-corrected chi connectivity index (χ2v) is 8.58. The second kappa shape index (κ2) is 11.6. The molecule has 1 aromatic heterocycles. The molecule has 1 saturated heterocycles. The molecule has 2 aromatic rings. The van der Waals surface area contributed by atoms with Crippen LogP contribution in [-0.4, -0.2) is 62.8 Å². The lowest BCUT2D eigenvalue weighted by Gasteiger charge is -2.27. The van der Waals surface area contributed by atoms with Gasteiger partial charge in [-0.25, -0.2) is 4.79 Å². The Hall–Kier alpha value is -3.15. The van der Waals surface area contributed by atoms with Gasteiger partial charge in [-0.2, -0.15) is 0 Å². The molecule has 0 radical (unpaired) electrons. The number of hydrogen-bond acceptors (Lipinski definition) is 7. The van der Waals surface area contributed by atoms with Crippen LogP contribution in [0, 0.1) is 0 Å². The Bertz CT molecular complexity index is 1010. The molecule has 0 unspecified atom stereocenters. The molecule has 1 fully saturated rings. The quantitative estimate of drug-likeness (QED) is 0.516. The minimum absolute atomic E-state index is 0.0308. The zero-order chi connectivity index (χ0) is 23.8. The molecule has 0 aliphatic carbocycles.